The van der Waals surface area contributed by atoms with Crippen LogP contribution in [0.2, 0.25) is 0 Å². The maximum atomic E-state index is 12.4. The van der Waals surface area contributed by atoms with Gasteiger partial charge in [-0.1, -0.05) is 25.1 Å². The third-order valence-corrected chi connectivity index (χ3v) is 3.63. The highest BCUT2D eigenvalue weighted by Gasteiger charge is 2.20. The Bertz CT molecular complexity index is 643. The lowest BCUT2D eigenvalue weighted by Crippen LogP contribution is -2.44. The first-order valence-corrected chi connectivity index (χ1v) is 8.41. The lowest BCUT2D eigenvalue weighted by Gasteiger charge is -2.20. The summed E-state index contributed by atoms with van der Waals surface area (Å²) in [6, 6.07) is 16.5. The van der Waals surface area contributed by atoms with Gasteiger partial charge in [-0.05, 0) is 49.7 Å². The van der Waals surface area contributed by atoms with E-state index in [1.54, 1.807) is 7.11 Å². The first-order valence-electron chi connectivity index (χ1n) is 8.41. The van der Waals surface area contributed by atoms with Crippen molar-refractivity contribution in [3.05, 3.63) is 54.6 Å². The molecule has 0 aliphatic carbocycles. The number of nitrogens with one attached hydrogen (secondary N) is 1. The van der Waals surface area contributed by atoms with E-state index in [1.165, 1.54) is 0 Å². The Labute approximate surface area is 148 Å². The first kappa shape index (κ1) is 18.6. The molecule has 0 aromatic heterocycles. The highest BCUT2D eigenvalue weighted by Crippen LogP contribution is 2.17. The van der Waals surface area contributed by atoms with E-state index in [1.807, 2.05) is 68.4 Å². The molecule has 25 heavy (non-hydrogen) atoms. The molecule has 1 amide bonds. The SMILES string of the molecule is CC[C@@H](Oc1ccccc1)C(=O)N[C@@H](C)COc1ccc(OC)cc1. The average Bonchev–Trinajstić information content (AvgIpc) is 2.65. The van der Waals surface area contributed by atoms with E-state index in [2.05, 4.69) is 5.32 Å². The topological polar surface area (TPSA) is 56.8 Å². The van der Waals surface area contributed by atoms with Gasteiger partial charge in [-0.25, -0.2) is 0 Å². The van der Waals surface area contributed by atoms with Crippen molar-refractivity contribution < 1.29 is 19.0 Å². The molecule has 0 spiro atoms. The Morgan fingerprint density at radius 3 is 2.24 bits per heavy atom. The van der Waals surface area contributed by atoms with Crippen molar-refractivity contribution in [1.29, 1.82) is 0 Å². The summed E-state index contributed by atoms with van der Waals surface area (Å²) in [6.45, 7) is 4.20. The number of carbonyl (C=O) groups is 1. The minimum Gasteiger partial charge on any atom is -0.497 e. The molecule has 134 valence electrons. The third kappa shape index (κ3) is 6.03. The van der Waals surface area contributed by atoms with Crippen molar-refractivity contribution in [3.63, 3.8) is 0 Å². The second-order valence-corrected chi connectivity index (χ2v) is 5.72. The van der Waals surface area contributed by atoms with E-state index < -0.39 is 6.10 Å². The summed E-state index contributed by atoms with van der Waals surface area (Å²) >= 11 is 0. The number of methoxy groups -OCH3 is 1. The lowest BCUT2D eigenvalue weighted by atomic mass is 10.2. The van der Waals surface area contributed by atoms with Crippen LogP contribution in [0.4, 0.5) is 0 Å². The molecule has 0 heterocycles. The zero-order valence-electron chi connectivity index (χ0n) is 14.9. The maximum Gasteiger partial charge on any atom is 0.261 e. The highest BCUT2D eigenvalue weighted by atomic mass is 16.5. The first-order chi connectivity index (χ1) is 12.1. The molecule has 0 aliphatic heterocycles. The van der Waals surface area contributed by atoms with Gasteiger partial charge in [0.15, 0.2) is 6.10 Å². The Morgan fingerprint density at radius 2 is 1.64 bits per heavy atom. The van der Waals surface area contributed by atoms with Crippen LogP contribution >= 0.6 is 0 Å². The molecule has 2 rings (SSSR count). The Morgan fingerprint density at radius 1 is 1.00 bits per heavy atom. The van der Waals surface area contributed by atoms with Gasteiger partial charge >= 0.3 is 0 Å². The van der Waals surface area contributed by atoms with Gasteiger partial charge in [0, 0.05) is 0 Å². The van der Waals surface area contributed by atoms with Crippen LogP contribution < -0.4 is 19.5 Å². The van der Waals surface area contributed by atoms with E-state index in [-0.39, 0.29) is 11.9 Å². The molecule has 0 fully saturated rings. The monoisotopic (exact) mass is 343 g/mol. The van der Waals surface area contributed by atoms with Crippen molar-refractivity contribution in [3.8, 4) is 17.2 Å². The number of hydrogen-bond acceptors (Lipinski definition) is 4. The molecule has 2 aromatic carbocycles. The maximum absolute atomic E-state index is 12.4. The summed E-state index contributed by atoms with van der Waals surface area (Å²) in [4.78, 5) is 12.4. The number of ether oxygens (including phenoxy) is 3. The molecule has 0 saturated heterocycles. The number of hydrogen-bond donors (Lipinski definition) is 1. The molecule has 1 N–H and O–H groups in total. The molecule has 5 heteroatoms. The van der Waals surface area contributed by atoms with E-state index >= 15 is 0 Å². The van der Waals surface area contributed by atoms with Gasteiger partial charge in [-0.15, -0.1) is 0 Å². The van der Waals surface area contributed by atoms with Crippen LogP contribution in [0.5, 0.6) is 17.2 Å². The number of amides is 1. The quantitative estimate of drug-likeness (QED) is 0.758. The van der Waals surface area contributed by atoms with Gasteiger partial charge in [-0.2, -0.15) is 0 Å². The van der Waals surface area contributed by atoms with Crippen LogP contribution in [-0.4, -0.2) is 31.8 Å². The molecule has 0 saturated carbocycles. The van der Waals surface area contributed by atoms with Crippen molar-refractivity contribution in [1.82, 2.24) is 5.32 Å². The van der Waals surface area contributed by atoms with Crippen molar-refractivity contribution in [2.45, 2.75) is 32.4 Å². The molecule has 2 aromatic rings. The third-order valence-electron chi connectivity index (χ3n) is 3.63. The molecule has 0 bridgehead atoms. The molecular formula is C20H25NO4. The molecule has 0 radical (unpaired) electrons. The minimum absolute atomic E-state index is 0.136. The summed E-state index contributed by atoms with van der Waals surface area (Å²) in [5.74, 6) is 2.05. The van der Waals surface area contributed by atoms with Gasteiger partial charge in [0.05, 0.1) is 13.2 Å². The van der Waals surface area contributed by atoms with E-state index in [9.17, 15) is 4.79 Å². The zero-order chi connectivity index (χ0) is 18.1. The van der Waals surface area contributed by atoms with E-state index in [0.29, 0.717) is 18.8 Å². The van der Waals surface area contributed by atoms with Gasteiger partial charge in [-0.3, -0.25) is 4.79 Å². The summed E-state index contributed by atoms with van der Waals surface area (Å²) in [7, 11) is 1.62. The second-order valence-electron chi connectivity index (χ2n) is 5.72. The van der Waals surface area contributed by atoms with Crippen LogP contribution in [0.1, 0.15) is 20.3 Å². The predicted octanol–water partition coefficient (Wildman–Crippen LogP) is 3.44. The smallest absolute Gasteiger partial charge is 0.261 e. The van der Waals surface area contributed by atoms with E-state index in [4.69, 9.17) is 14.2 Å². The van der Waals surface area contributed by atoms with E-state index in [0.717, 1.165) is 11.5 Å². The second kappa shape index (κ2) is 9.57. The fraction of sp³-hybridized carbons (Fsp3) is 0.350. The van der Waals surface area contributed by atoms with Crippen molar-refractivity contribution >= 4 is 5.91 Å². The standard InChI is InChI=1S/C20H25NO4/c1-4-19(25-18-8-6-5-7-9-18)20(22)21-15(2)14-24-17-12-10-16(23-3)11-13-17/h5-13,15,19H,4,14H2,1-3H3,(H,21,22)/t15-,19+/m0/s1. The fourth-order valence-corrected chi connectivity index (χ4v) is 2.26. The number of para-hydroxylation sites is 1. The van der Waals surface area contributed by atoms with Crippen LogP contribution in [0, 0.1) is 0 Å². The van der Waals surface area contributed by atoms with Gasteiger partial charge < -0.3 is 19.5 Å². The number of benzene rings is 2. The number of rotatable bonds is 9. The summed E-state index contributed by atoms with van der Waals surface area (Å²) in [6.07, 6.45) is 0.0677. The summed E-state index contributed by atoms with van der Waals surface area (Å²) in [5, 5.41) is 2.93. The molecule has 0 unspecified atom stereocenters. The van der Waals surface area contributed by atoms with Crippen LogP contribution in [-0.2, 0) is 4.79 Å². The Kier molecular flexibility index (Phi) is 7.14. The summed E-state index contributed by atoms with van der Waals surface area (Å²) < 4.78 is 16.5. The van der Waals surface area contributed by atoms with Crippen LogP contribution in [0.25, 0.3) is 0 Å². The highest BCUT2D eigenvalue weighted by molar-refractivity contribution is 5.81. The molecule has 2 atom stereocenters. The summed E-state index contributed by atoms with van der Waals surface area (Å²) in [5.41, 5.74) is 0. The molecule has 0 aliphatic rings. The van der Waals surface area contributed by atoms with Crippen molar-refractivity contribution in [2.24, 2.45) is 0 Å². The molecular weight excluding hydrogens is 318 g/mol. The van der Waals surface area contributed by atoms with Crippen molar-refractivity contribution in [2.75, 3.05) is 13.7 Å². The largest absolute Gasteiger partial charge is 0.497 e. The predicted molar refractivity (Wildman–Crippen MR) is 97.2 cm³/mol. The Hall–Kier alpha value is -2.69. The number of carbonyl (C=O) groups excluding carboxylic acids is 1. The van der Waals surface area contributed by atoms with Gasteiger partial charge in [0.2, 0.25) is 0 Å². The minimum atomic E-state index is -0.522. The molecule has 5 nitrogen and oxygen atoms in total. The lowest BCUT2D eigenvalue weighted by molar-refractivity contribution is -0.128. The normalized spacial score (nSPS) is 12.8. The van der Waals surface area contributed by atoms with Crippen LogP contribution in [0.3, 0.4) is 0 Å². The fourth-order valence-electron chi connectivity index (χ4n) is 2.26. The Balaban J connectivity index is 1.81. The van der Waals surface area contributed by atoms with Gasteiger partial charge in [0.25, 0.3) is 5.91 Å². The van der Waals surface area contributed by atoms with Gasteiger partial charge in [0.1, 0.15) is 23.9 Å². The van der Waals surface area contributed by atoms with Crippen LogP contribution in [0.15, 0.2) is 54.6 Å². The zero-order valence-corrected chi connectivity index (χ0v) is 14.9. The average molecular weight is 343 g/mol.